The molecule has 0 aromatic rings. The van der Waals surface area contributed by atoms with Crippen molar-refractivity contribution in [2.75, 3.05) is 33.8 Å². The summed E-state index contributed by atoms with van der Waals surface area (Å²) in [6.07, 6.45) is 0.771. The first-order chi connectivity index (χ1) is 7.10. The lowest BCUT2D eigenvalue weighted by Crippen LogP contribution is -2.54. The summed E-state index contributed by atoms with van der Waals surface area (Å²) in [7, 11) is 3.70. The fourth-order valence-corrected chi connectivity index (χ4v) is 1.94. The molecule has 4 heteroatoms. The highest BCUT2D eigenvalue weighted by Gasteiger charge is 2.28. The van der Waals surface area contributed by atoms with Crippen LogP contribution in [0.1, 0.15) is 20.3 Å². The second-order valence-electron chi connectivity index (χ2n) is 4.20. The summed E-state index contributed by atoms with van der Waals surface area (Å²) >= 11 is 0. The van der Waals surface area contributed by atoms with Crippen molar-refractivity contribution in [1.82, 2.24) is 9.80 Å². The fourth-order valence-electron chi connectivity index (χ4n) is 1.94. The standard InChI is InChI=1S/C11H22N2O2/c1-5-10-8-13(7-6-12(10)3)11(14)9(2)15-4/h9-10H,5-8H2,1-4H3. The zero-order valence-corrected chi connectivity index (χ0v) is 10.2. The number of ether oxygens (including phenoxy) is 1. The molecule has 2 atom stereocenters. The molecule has 1 amide bonds. The van der Waals surface area contributed by atoms with Gasteiger partial charge in [0.1, 0.15) is 6.10 Å². The van der Waals surface area contributed by atoms with Crippen LogP contribution in [0.5, 0.6) is 0 Å². The molecule has 1 saturated heterocycles. The smallest absolute Gasteiger partial charge is 0.251 e. The van der Waals surface area contributed by atoms with Gasteiger partial charge in [-0.15, -0.1) is 0 Å². The Bertz CT molecular complexity index is 221. The van der Waals surface area contributed by atoms with Gasteiger partial charge in [0, 0.05) is 32.8 Å². The van der Waals surface area contributed by atoms with E-state index in [1.165, 1.54) is 0 Å². The van der Waals surface area contributed by atoms with Gasteiger partial charge in [0.15, 0.2) is 0 Å². The zero-order valence-electron chi connectivity index (χ0n) is 10.2. The number of hydrogen-bond acceptors (Lipinski definition) is 3. The molecule has 0 radical (unpaired) electrons. The van der Waals surface area contributed by atoms with Crippen molar-refractivity contribution in [3.05, 3.63) is 0 Å². The van der Waals surface area contributed by atoms with Gasteiger partial charge in [0.25, 0.3) is 5.91 Å². The van der Waals surface area contributed by atoms with Crippen LogP contribution in [0.2, 0.25) is 0 Å². The van der Waals surface area contributed by atoms with Crippen LogP contribution in [0.25, 0.3) is 0 Å². The van der Waals surface area contributed by atoms with Gasteiger partial charge in [-0.25, -0.2) is 0 Å². The summed E-state index contributed by atoms with van der Waals surface area (Å²) in [5.41, 5.74) is 0. The molecule has 0 N–H and O–H groups in total. The monoisotopic (exact) mass is 214 g/mol. The summed E-state index contributed by atoms with van der Waals surface area (Å²) in [5, 5.41) is 0. The molecule has 15 heavy (non-hydrogen) atoms. The van der Waals surface area contributed by atoms with Gasteiger partial charge in [0.05, 0.1) is 0 Å². The third-order valence-electron chi connectivity index (χ3n) is 3.26. The quantitative estimate of drug-likeness (QED) is 0.689. The number of likely N-dealkylation sites (N-methyl/N-ethyl adjacent to an activating group) is 1. The van der Waals surface area contributed by atoms with Crippen LogP contribution >= 0.6 is 0 Å². The molecule has 1 rings (SSSR count). The molecule has 1 aliphatic rings. The maximum absolute atomic E-state index is 11.9. The number of amides is 1. The van der Waals surface area contributed by atoms with Gasteiger partial charge in [-0.1, -0.05) is 6.92 Å². The van der Waals surface area contributed by atoms with Crippen molar-refractivity contribution in [2.24, 2.45) is 0 Å². The Balaban J connectivity index is 2.54. The number of carbonyl (C=O) groups excluding carboxylic acids is 1. The van der Waals surface area contributed by atoms with E-state index in [2.05, 4.69) is 18.9 Å². The van der Waals surface area contributed by atoms with Crippen LogP contribution in [0.15, 0.2) is 0 Å². The van der Waals surface area contributed by atoms with Gasteiger partial charge in [-0.3, -0.25) is 9.69 Å². The van der Waals surface area contributed by atoms with E-state index in [-0.39, 0.29) is 12.0 Å². The maximum Gasteiger partial charge on any atom is 0.251 e. The molecule has 1 fully saturated rings. The molecular weight excluding hydrogens is 192 g/mol. The predicted molar refractivity (Wildman–Crippen MR) is 59.8 cm³/mol. The molecule has 0 bridgehead atoms. The van der Waals surface area contributed by atoms with Gasteiger partial charge in [-0.05, 0) is 20.4 Å². The zero-order chi connectivity index (χ0) is 11.4. The highest BCUT2D eigenvalue weighted by atomic mass is 16.5. The third kappa shape index (κ3) is 2.92. The lowest BCUT2D eigenvalue weighted by molar-refractivity contribution is -0.143. The Morgan fingerprint density at radius 1 is 1.53 bits per heavy atom. The predicted octanol–water partition coefficient (Wildman–Crippen LogP) is 0.574. The van der Waals surface area contributed by atoms with E-state index in [0.717, 1.165) is 26.1 Å². The minimum Gasteiger partial charge on any atom is -0.372 e. The van der Waals surface area contributed by atoms with Gasteiger partial charge < -0.3 is 9.64 Å². The normalized spacial score (nSPS) is 25.3. The second kappa shape index (κ2) is 5.47. The van der Waals surface area contributed by atoms with Crippen molar-refractivity contribution < 1.29 is 9.53 Å². The van der Waals surface area contributed by atoms with Crippen molar-refractivity contribution in [3.63, 3.8) is 0 Å². The van der Waals surface area contributed by atoms with E-state index in [1.54, 1.807) is 7.11 Å². The van der Waals surface area contributed by atoms with E-state index in [9.17, 15) is 4.79 Å². The molecule has 0 aromatic heterocycles. The molecule has 1 heterocycles. The Labute approximate surface area is 92.2 Å². The number of hydrogen-bond donors (Lipinski definition) is 0. The molecule has 88 valence electrons. The van der Waals surface area contributed by atoms with Crippen LogP contribution in [-0.2, 0) is 9.53 Å². The van der Waals surface area contributed by atoms with Gasteiger partial charge >= 0.3 is 0 Å². The highest BCUT2D eigenvalue weighted by molar-refractivity contribution is 5.80. The summed E-state index contributed by atoms with van der Waals surface area (Å²) in [5.74, 6) is 0.115. The van der Waals surface area contributed by atoms with Gasteiger partial charge in [-0.2, -0.15) is 0 Å². The number of piperazine rings is 1. The molecule has 2 unspecified atom stereocenters. The van der Waals surface area contributed by atoms with Crippen LogP contribution in [0.3, 0.4) is 0 Å². The van der Waals surface area contributed by atoms with E-state index in [4.69, 9.17) is 4.74 Å². The fraction of sp³-hybridized carbons (Fsp3) is 0.909. The molecule has 0 spiro atoms. The highest BCUT2D eigenvalue weighted by Crippen LogP contribution is 2.12. The van der Waals surface area contributed by atoms with E-state index in [0.29, 0.717) is 6.04 Å². The van der Waals surface area contributed by atoms with Crippen molar-refractivity contribution in [3.8, 4) is 0 Å². The maximum atomic E-state index is 11.9. The van der Waals surface area contributed by atoms with Crippen molar-refractivity contribution >= 4 is 5.91 Å². The summed E-state index contributed by atoms with van der Waals surface area (Å²) < 4.78 is 5.06. The molecular formula is C11H22N2O2. The molecule has 0 saturated carbocycles. The first-order valence-corrected chi connectivity index (χ1v) is 5.62. The Morgan fingerprint density at radius 2 is 2.20 bits per heavy atom. The number of carbonyl (C=O) groups is 1. The van der Waals surface area contributed by atoms with Crippen LogP contribution in [0, 0.1) is 0 Å². The van der Waals surface area contributed by atoms with Crippen LogP contribution in [0.4, 0.5) is 0 Å². The second-order valence-corrected chi connectivity index (χ2v) is 4.20. The van der Waals surface area contributed by atoms with E-state index in [1.807, 2.05) is 11.8 Å². The molecule has 1 aliphatic heterocycles. The third-order valence-corrected chi connectivity index (χ3v) is 3.26. The van der Waals surface area contributed by atoms with Crippen LogP contribution < -0.4 is 0 Å². The van der Waals surface area contributed by atoms with E-state index >= 15 is 0 Å². The lowest BCUT2D eigenvalue weighted by atomic mass is 10.1. The molecule has 4 nitrogen and oxygen atoms in total. The van der Waals surface area contributed by atoms with Crippen LogP contribution in [-0.4, -0.2) is 61.6 Å². The average molecular weight is 214 g/mol. The van der Waals surface area contributed by atoms with E-state index < -0.39 is 0 Å². The SMILES string of the molecule is CCC1CN(C(=O)C(C)OC)CCN1C. The first-order valence-electron chi connectivity index (χ1n) is 5.62. The molecule has 0 aliphatic carbocycles. The minimum absolute atomic E-state index is 0.115. The summed E-state index contributed by atoms with van der Waals surface area (Å²) in [4.78, 5) is 16.1. The number of nitrogens with zero attached hydrogens (tertiary/aromatic N) is 2. The Hall–Kier alpha value is -0.610. The summed E-state index contributed by atoms with van der Waals surface area (Å²) in [6, 6.07) is 0.492. The first kappa shape index (κ1) is 12.5. The Morgan fingerprint density at radius 3 is 2.73 bits per heavy atom. The molecule has 0 aromatic carbocycles. The number of rotatable bonds is 3. The van der Waals surface area contributed by atoms with Crippen molar-refractivity contribution in [1.29, 1.82) is 0 Å². The largest absolute Gasteiger partial charge is 0.372 e. The Kier molecular flexibility index (Phi) is 4.54. The van der Waals surface area contributed by atoms with Crippen molar-refractivity contribution in [2.45, 2.75) is 32.4 Å². The topological polar surface area (TPSA) is 32.8 Å². The number of methoxy groups -OCH3 is 1. The van der Waals surface area contributed by atoms with Gasteiger partial charge in [0.2, 0.25) is 0 Å². The average Bonchev–Trinajstić information content (AvgIpc) is 2.27. The minimum atomic E-state index is -0.314. The lowest BCUT2D eigenvalue weighted by Gasteiger charge is -2.39. The summed E-state index contributed by atoms with van der Waals surface area (Å²) in [6.45, 7) is 6.58.